The van der Waals surface area contributed by atoms with Gasteiger partial charge in [0.15, 0.2) is 0 Å². The monoisotopic (exact) mass is 403 g/mol. The molecule has 0 spiro atoms. The Kier molecular flexibility index (Phi) is 4.54. The highest BCUT2D eigenvalue weighted by Gasteiger charge is 2.06. The first-order valence-electron chi connectivity index (χ1n) is 5.19. The summed E-state index contributed by atoms with van der Waals surface area (Å²) in [7, 11) is 0. The second-order valence-electron chi connectivity index (χ2n) is 3.71. The fourth-order valence-electron chi connectivity index (χ4n) is 1.48. The van der Waals surface area contributed by atoms with E-state index in [0.717, 1.165) is 10.0 Å². The lowest BCUT2D eigenvalue weighted by Gasteiger charge is -2.09. The molecule has 2 N–H and O–H groups in total. The molecule has 0 fully saturated rings. The average molecular weight is 405 g/mol. The lowest BCUT2D eigenvalue weighted by molar-refractivity contribution is 0.476. The highest BCUT2D eigenvalue weighted by Crippen LogP contribution is 2.29. The summed E-state index contributed by atoms with van der Waals surface area (Å²) in [4.78, 5) is 0.298. The van der Waals surface area contributed by atoms with Crippen molar-refractivity contribution in [3.63, 3.8) is 0 Å². The fraction of sp³-hybridized carbons (Fsp3) is 0. The van der Waals surface area contributed by atoms with Crippen LogP contribution in [0, 0.1) is 5.82 Å². The Morgan fingerprint density at radius 1 is 1.11 bits per heavy atom. The number of halogens is 3. The van der Waals surface area contributed by atoms with Crippen LogP contribution in [0.3, 0.4) is 0 Å². The molecule has 0 saturated carbocycles. The smallest absolute Gasteiger partial charge is 0.131 e. The van der Waals surface area contributed by atoms with Crippen LogP contribution in [-0.4, -0.2) is 4.99 Å². The van der Waals surface area contributed by atoms with Gasteiger partial charge in [0.25, 0.3) is 0 Å². The molecule has 0 bridgehead atoms. The zero-order valence-electron chi connectivity index (χ0n) is 9.49. The van der Waals surface area contributed by atoms with Crippen molar-refractivity contribution in [2.75, 3.05) is 0 Å². The van der Waals surface area contributed by atoms with Gasteiger partial charge < -0.3 is 10.5 Å². The first kappa shape index (κ1) is 14.4. The normalized spacial score (nSPS) is 10.3. The van der Waals surface area contributed by atoms with Gasteiger partial charge >= 0.3 is 0 Å². The molecule has 2 nitrogen and oxygen atoms in total. The lowest BCUT2D eigenvalue weighted by Crippen LogP contribution is -2.09. The summed E-state index contributed by atoms with van der Waals surface area (Å²) in [5.74, 6) is 0.592. The molecule has 0 radical (unpaired) electrons. The van der Waals surface area contributed by atoms with Crippen molar-refractivity contribution in [1.29, 1.82) is 0 Å². The summed E-state index contributed by atoms with van der Waals surface area (Å²) in [5.41, 5.74) is 6.29. The third kappa shape index (κ3) is 3.75. The third-order valence-corrected chi connectivity index (χ3v) is 3.61. The quantitative estimate of drug-likeness (QED) is 0.747. The van der Waals surface area contributed by atoms with Gasteiger partial charge in [0.05, 0.1) is 0 Å². The minimum absolute atomic E-state index is 0.298. The van der Waals surface area contributed by atoms with Crippen LogP contribution in [0.5, 0.6) is 11.5 Å². The average Bonchev–Trinajstić information content (AvgIpc) is 2.26. The second kappa shape index (κ2) is 5.98. The molecule has 2 aromatic carbocycles. The van der Waals surface area contributed by atoms with Gasteiger partial charge in [-0.1, -0.05) is 28.1 Å². The highest BCUT2D eigenvalue weighted by atomic mass is 79.9. The van der Waals surface area contributed by atoms with Crippen LogP contribution < -0.4 is 10.5 Å². The number of nitrogens with two attached hydrogens (primary N) is 1. The Morgan fingerprint density at radius 3 is 2.42 bits per heavy atom. The molecule has 0 saturated heterocycles. The molecule has 0 atom stereocenters. The first-order chi connectivity index (χ1) is 8.95. The molecule has 0 aliphatic rings. The molecule has 19 heavy (non-hydrogen) atoms. The van der Waals surface area contributed by atoms with Gasteiger partial charge in [-0.25, -0.2) is 4.39 Å². The molecule has 98 valence electrons. The molecular formula is C13H8Br2FNOS. The number of benzene rings is 2. The van der Waals surface area contributed by atoms with Crippen LogP contribution in [0.4, 0.5) is 4.39 Å². The molecule has 2 aromatic rings. The number of hydrogen-bond donors (Lipinski definition) is 1. The van der Waals surface area contributed by atoms with Gasteiger partial charge in [0.2, 0.25) is 0 Å². The van der Waals surface area contributed by atoms with E-state index in [9.17, 15) is 4.39 Å². The maximum Gasteiger partial charge on any atom is 0.131 e. The summed E-state index contributed by atoms with van der Waals surface area (Å²) >= 11 is 11.5. The summed E-state index contributed by atoms with van der Waals surface area (Å²) in [5, 5.41) is 0. The van der Waals surface area contributed by atoms with E-state index in [1.807, 2.05) is 0 Å². The van der Waals surface area contributed by atoms with Gasteiger partial charge in [-0.15, -0.1) is 0 Å². The third-order valence-electron chi connectivity index (χ3n) is 2.28. The molecule has 0 unspecified atom stereocenters. The van der Waals surface area contributed by atoms with E-state index in [2.05, 4.69) is 31.9 Å². The predicted octanol–water partition coefficient (Wildman–Crippen LogP) is 4.78. The second-order valence-corrected chi connectivity index (χ2v) is 5.92. The molecule has 6 heteroatoms. The van der Waals surface area contributed by atoms with E-state index in [4.69, 9.17) is 22.7 Å². The van der Waals surface area contributed by atoms with E-state index in [0.29, 0.717) is 21.0 Å². The Bertz CT molecular complexity index is 628. The molecule has 0 amide bonds. The molecule has 0 aliphatic carbocycles. The molecule has 0 aromatic heterocycles. The van der Waals surface area contributed by atoms with Gasteiger partial charge in [-0.3, -0.25) is 0 Å². The summed E-state index contributed by atoms with van der Waals surface area (Å²) in [6, 6.07) is 9.54. The molecular weight excluding hydrogens is 397 g/mol. The Balaban J connectivity index is 2.28. The number of ether oxygens (including phenoxy) is 1. The Labute approximate surface area is 132 Å². The predicted molar refractivity (Wildman–Crippen MR) is 84.2 cm³/mol. The zero-order chi connectivity index (χ0) is 14.0. The van der Waals surface area contributed by atoms with Crippen LogP contribution in [0.2, 0.25) is 0 Å². The number of hydrogen-bond acceptors (Lipinski definition) is 2. The largest absolute Gasteiger partial charge is 0.457 e. The summed E-state index contributed by atoms with van der Waals surface area (Å²) in [6.07, 6.45) is 0. The SMILES string of the molecule is NC(=S)c1ccc(Oc2cc(F)cc(Br)c2)cc1Br. The Hall–Kier alpha value is -0.980. The van der Waals surface area contributed by atoms with Crippen molar-refractivity contribution in [3.05, 3.63) is 56.7 Å². The van der Waals surface area contributed by atoms with E-state index in [1.54, 1.807) is 24.3 Å². The van der Waals surface area contributed by atoms with Gasteiger partial charge in [0.1, 0.15) is 22.3 Å². The van der Waals surface area contributed by atoms with Crippen LogP contribution in [0.1, 0.15) is 5.56 Å². The molecule has 0 aliphatic heterocycles. The highest BCUT2D eigenvalue weighted by molar-refractivity contribution is 9.10. The van der Waals surface area contributed by atoms with Crippen LogP contribution in [0.15, 0.2) is 45.3 Å². The minimum Gasteiger partial charge on any atom is -0.457 e. The van der Waals surface area contributed by atoms with Crippen LogP contribution >= 0.6 is 44.1 Å². The van der Waals surface area contributed by atoms with Crippen molar-refractivity contribution < 1.29 is 9.13 Å². The fourth-order valence-corrected chi connectivity index (χ4v) is 2.81. The first-order valence-corrected chi connectivity index (χ1v) is 7.18. The Morgan fingerprint density at radius 2 is 1.84 bits per heavy atom. The summed E-state index contributed by atoms with van der Waals surface area (Å²) in [6.45, 7) is 0. The maximum absolute atomic E-state index is 13.2. The van der Waals surface area contributed by atoms with E-state index in [-0.39, 0.29) is 5.82 Å². The van der Waals surface area contributed by atoms with Gasteiger partial charge in [-0.05, 0) is 46.3 Å². The van der Waals surface area contributed by atoms with Crippen LogP contribution in [-0.2, 0) is 0 Å². The number of thiocarbonyl (C=S) groups is 1. The standard InChI is InChI=1S/C13H8Br2FNOS/c14-7-3-8(16)5-10(4-7)18-9-1-2-11(13(17)19)12(15)6-9/h1-6H,(H2,17,19). The van der Waals surface area contributed by atoms with Crippen LogP contribution in [0.25, 0.3) is 0 Å². The van der Waals surface area contributed by atoms with E-state index < -0.39 is 0 Å². The maximum atomic E-state index is 13.2. The zero-order valence-corrected chi connectivity index (χ0v) is 13.5. The van der Waals surface area contributed by atoms with Gasteiger partial charge in [-0.2, -0.15) is 0 Å². The lowest BCUT2D eigenvalue weighted by atomic mass is 10.2. The van der Waals surface area contributed by atoms with Crippen molar-refractivity contribution in [2.45, 2.75) is 0 Å². The van der Waals surface area contributed by atoms with Crippen molar-refractivity contribution in [2.24, 2.45) is 5.73 Å². The summed E-state index contributed by atoms with van der Waals surface area (Å²) < 4.78 is 20.1. The van der Waals surface area contributed by atoms with Gasteiger partial charge in [0, 0.05) is 20.6 Å². The minimum atomic E-state index is -0.372. The van der Waals surface area contributed by atoms with E-state index in [1.165, 1.54) is 12.1 Å². The van der Waals surface area contributed by atoms with Crippen molar-refractivity contribution in [1.82, 2.24) is 0 Å². The molecule has 0 heterocycles. The van der Waals surface area contributed by atoms with E-state index >= 15 is 0 Å². The number of rotatable bonds is 3. The van der Waals surface area contributed by atoms with Crippen molar-refractivity contribution in [3.8, 4) is 11.5 Å². The van der Waals surface area contributed by atoms with Crippen molar-refractivity contribution >= 4 is 49.1 Å². The molecule has 2 rings (SSSR count). The topological polar surface area (TPSA) is 35.2 Å².